The Balaban J connectivity index is 2.15. The van der Waals surface area contributed by atoms with E-state index in [1.54, 1.807) is 11.8 Å². The van der Waals surface area contributed by atoms with Crippen LogP contribution in [0.25, 0.3) is 0 Å². The highest BCUT2D eigenvalue weighted by Gasteiger charge is 2.03. The largest absolute Gasteiger partial charge is 0.484 e. The second-order valence-corrected chi connectivity index (χ2v) is 6.28. The van der Waals surface area contributed by atoms with E-state index in [4.69, 9.17) is 9.84 Å². The van der Waals surface area contributed by atoms with Gasteiger partial charge in [0.2, 0.25) is 0 Å². The predicted octanol–water partition coefficient (Wildman–Crippen LogP) is 2.42. The molecular formula is C16H25NO3S. The molecule has 118 valence electrons. The van der Waals surface area contributed by atoms with Gasteiger partial charge < -0.3 is 15.2 Å². The van der Waals surface area contributed by atoms with Crippen LogP contribution in [0.2, 0.25) is 0 Å². The van der Waals surface area contributed by atoms with Gasteiger partial charge >= 0.3 is 0 Å². The Bertz CT molecular complexity index is 406. The van der Waals surface area contributed by atoms with Crippen LogP contribution in [-0.2, 0) is 4.79 Å². The number of hydrogen-bond acceptors (Lipinski definition) is 4. The van der Waals surface area contributed by atoms with Crippen LogP contribution in [0.15, 0.2) is 24.3 Å². The second kappa shape index (κ2) is 10.5. The molecule has 0 aromatic heterocycles. The Morgan fingerprint density at radius 2 is 2.00 bits per heavy atom. The molecule has 1 rings (SSSR count). The van der Waals surface area contributed by atoms with Gasteiger partial charge in [-0.05, 0) is 35.8 Å². The Labute approximate surface area is 131 Å². The maximum Gasteiger partial charge on any atom is 0.257 e. The molecule has 0 heterocycles. The maximum atomic E-state index is 11.6. The van der Waals surface area contributed by atoms with E-state index in [1.165, 1.54) is 5.56 Å². The highest BCUT2D eigenvalue weighted by molar-refractivity contribution is 7.99. The SMILES string of the molecule is CC(C)c1ccc(OCC(=O)NCCSCCCO)cc1. The van der Waals surface area contributed by atoms with Gasteiger partial charge in [0, 0.05) is 18.9 Å². The molecule has 0 saturated heterocycles. The van der Waals surface area contributed by atoms with Crippen LogP contribution in [0, 0.1) is 0 Å². The van der Waals surface area contributed by atoms with Crippen LogP contribution in [0.5, 0.6) is 5.75 Å². The van der Waals surface area contributed by atoms with Crippen molar-refractivity contribution >= 4 is 17.7 Å². The first-order valence-corrected chi connectivity index (χ1v) is 8.47. The minimum Gasteiger partial charge on any atom is -0.484 e. The van der Waals surface area contributed by atoms with Crippen molar-refractivity contribution in [3.05, 3.63) is 29.8 Å². The van der Waals surface area contributed by atoms with Crippen LogP contribution in [0.3, 0.4) is 0 Å². The number of hydrogen-bond donors (Lipinski definition) is 2. The highest BCUT2D eigenvalue weighted by Crippen LogP contribution is 2.18. The Hall–Kier alpha value is -1.20. The van der Waals surface area contributed by atoms with E-state index in [0.717, 1.165) is 17.9 Å². The van der Waals surface area contributed by atoms with E-state index in [0.29, 0.717) is 18.2 Å². The minimum atomic E-state index is -0.106. The molecule has 2 N–H and O–H groups in total. The molecule has 4 nitrogen and oxygen atoms in total. The summed E-state index contributed by atoms with van der Waals surface area (Å²) in [4.78, 5) is 11.6. The lowest BCUT2D eigenvalue weighted by molar-refractivity contribution is -0.122. The number of carbonyl (C=O) groups is 1. The zero-order valence-corrected chi connectivity index (χ0v) is 13.6. The molecule has 0 radical (unpaired) electrons. The number of aliphatic hydroxyl groups excluding tert-OH is 1. The van der Waals surface area contributed by atoms with Crippen LogP contribution < -0.4 is 10.1 Å². The van der Waals surface area contributed by atoms with Crippen molar-refractivity contribution in [2.45, 2.75) is 26.2 Å². The van der Waals surface area contributed by atoms with E-state index in [-0.39, 0.29) is 19.1 Å². The summed E-state index contributed by atoms with van der Waals surface area (Å²) >= 11 is 1.72. The summed E-state index contributed by atoms with van der Waals surface area (Å²) in [6.45, 7) is 5.18. The van der Waals surface area contributed by atoms with E-state index in [1.807, 2.05) is 24.3 Å². The molecule has 0 aliphatic heterocycles. The summed E-state index contributed by atoms with van der Waals surface area (Å²) in [5.74, 6) is 2.88. The molecule has 0 unspecified atom stereocenters. The summed E-state index contributed by atoms with van der Waals surface area (Å²) in [7, 11) is 0. The molecule has 0 aliphatic rings. The lowest BCUT2D eigenvalue weighted by atomic mass is 10.0. The van der Waals surface area contributed by atoms with Gasteiger partial charge in [0.25, 0.3) is 5.91 Å². The third-order valence-electron chi connectivity index (χ3n) is 2.93. The average Bonchev–Trinajstić information content (AvgIpc) is 2.49. The zero-order chi connectivity index (χ0) is 15.5. The third kappa shape index (κ3) is 7.97. The molecule has 0 atom stereocenters. The predicted molar refractivity (Wildman–Crippen MR) is 88.1 cm³/mol. The van der Waals surface area contributed by atoms with Crippen LogP contribution >= 0.6 is 11.8 Å². The number of rotatable bonds is 10. The molecule has 0 aliphatic carbocycles. The van der Waals surface area contributed by atoms with Gasteiger partial charge in [-0.1, -0.05) is 26.0 Å². The monoisotopic (exact) mass is 311 g/mol. The molecule has 0 spiro atoms. The summed E-state index contributed by atoms with van der Waals surface area (Å²) in [6.07, 6.45) is 0.800. The van der Waals surface area contributed by atoms with Gasteiger partial charge in [-0.15, -0.1) is 0 Å². The van der Waals surface area contributed by atoms with E-state index in [9.17, 15) is 4.79 Å². The number of ether oxygens (including phenoxy) is 1. The number of thioether (sulfide) groups is 1. The standard InChI is InChI=1S/C16H25NO3S/c1-13(2)14-4-6-15(7-5-14)20-12-16(19)17-8-11-21-10-3-9-18/h4-7,13,18H,3,8-12H2,1-2H3,(H,17,19). The van der Waals surface area contributed by atoms with Crippen LogP contribution in [-0.4, -0.2) is 42.3 Å². The number of nitrogens with one attached hydrogen (secondary N) is 1. The Morgan fingerprint density at radius 1 is 1.29 bits per heavy atom. The number of benzene rings is 1. The van der Waals surface area contributed by atoms with Gasteiger partial charge in [-0.2, -0.15) is 11.8 Å². The van der Waals surface area contributed by atoms with Crippen LogP contribution in [0.4, 0.5) is 0 Å². The highest BCUT2D eigenvalue weighted by atomic mass is 32.2. The van der Waals surface area contributed by atoms with Crippen molar-refractivity contribution in [3.8, 4) is 5.75 Å². The molecule has 0 fully saturated rings. The quantitative estimate of drug-likeness (QED) is 0.652. The van der Waals surface area contributed by atoms with Crippen molar-refractivity contribution in [2.75, 3.05) is 31.3 Å². The smallest absolute Gasteiger partial charge is 0.257 e. The van der Waals surface area contributed by atoms with E-state index in [2.05, 4.69) is 19.2 Å². The first-order chi connectivity index (χ1) is 10.1. The number of aliphatic hydroxyl groups is 1. The Morgan fingerprint density at radius 3 is 2.62 bits per heavy atom. The fourth-order valence-electron chi connectivity index (χ4n) is 1.68. The van der Waals surface area contributed by atoms with Crippen LogP contribution in [0.1, 0.15) is 31.7 Å². The first kappa shape index (κ1) is 17.9. The summed E-state index contributed by atoms with van der Waals surface area (Å²) in [5, 5.41) is 11.4. The topological polar surface area (TPSA) is 58.6 Å². The average molecular weight is 311 g/mol. The summed E-state index contributed by atoms with van der Waals surface area (Å²) in [5.41, 5.74) is 1.26. The normalized spacial score (nSPS) is 10.7. The van der Waals surface area contributed by atoms with Crippen molar-refractivity contribution in [2.24, 2.45) is 0 Å². The first-order valence-electron chi connectivity index (χ1n) is 7.31. The van der Waals surface area contributed by atoms with Gasteiger partial charge in [0.1, 0.15) is 5.75 Å². The lowest BCUT2D eigenvalue weighted by Crippen LogP contribution is -2.30. The van der Waals surface area contributed by atoms with Crippen molar-refractivity contribution in [1.29, 1.82) is 0 Å². The van der Waals surface area contributed by atoms with Crippen molar-refractivity contribution < 1.29 is 14.6 Å². The van der Waals surface area contributed by atoms with Crippen molar-refractivity contribution in [3.63, 3.8) is 0 Å². The molecule has 0 saturated carbocycles. The fraction of sp³-hybridized carbons (Fsp3) is 0.562. The number of carbonyl (C=O) groups excluding carboxylic acids is 1. The summed E-state index contributed by atoms with van der Waals surface area (Å²) in [6, 6.07) is 7.84. The molecule has 1 aromatic rings. The third-order valence-corrected chi connectivity index (χ3v) is 4.00. The summed E-state index contributed by atoms with van der Waals surface area (Å²) < 4.78 is 5.45. The van der Waals surface area contributed by atoms with Crippen molar-refractivity contribution in [1.82, 2.24) is 5.32 Å². The number of amides is 1. The van der Waals surface area contributed by atoms with Gasteiger partial charge in [0.05, 0.1) is 0 Å². The second-order valence-electron chi connectivity index (χ2n) is 5.05. The minimum absolute atomic E-state index is 0.0440. The molecule has 21 heavy (non-hydrogen) atoms. The molecular weight excluding hydrogens is 286 g/mol. The van der Waals surface area contributed by atoms with E-state index < -0.39 is 0 Å². The van der Waals surface area contributed by atoms with E-state index >= 15 is 0 Å². The molecule has 5 heteroatoms. The molecule has 0 bridgehead atoms. The molecule has 1 aromatic carbocycles. The fourth-order valence-corrected chi connectivity index (χ4v) is 2.46. The lowest BCUT2D eigenvalue weighted by Gasteiger charge is -2.09. The van der Waals surface area contributed by atoms with Gasteiger partial charge in [0.15, 0.2) is 6.61 Å². The zero-order valence-electron chi connectivity index (χ0n) is 12.8. The Kier molecular flexibility index (Phi) is 8.94. The van der Waals surface area contributed by atoms with Gasteiger partial charge in [-0.25, -0.2) is 0 Å². The molecule has 1 amide bonds. The maximum absolute atomic E-state index is 11.6. The van der Waals surface area contributed by atoms with Gasteiger partial charge in [-0.3, -0.25) is 4.79 Å².